The summed E-state index contributed by atoms with van der Waals surface area (Å²) in [6.07, 6.45) is 2.61. The molecule has 0 unspecified atom stereocenters. The number of hydrogen-bond donors (Lipinski definition) is 0. The molecule has 1 aliphatic rings. The molecule has 0 saturated carbocycles. The minimum atomic E-state index is 0.708. The van der Waals surface area contributed by atoms with E-state index in [0.717, 1.165) is 25.9 Å². The highest BCUT2D eigenvalue weighted by Crippen LogP contribution is 1.84. The van der Waals surface area contributed by atoms with Crippen molar-refractivity contribution >= 4 is 6.29 Å². The van der Waals surface area contributed by atoms with Crippen LogP contribution < -0.4 is 0 Å². The fourth-order valence-electron chi connectivity index (χ4n) is 0.118. The summed E-state index contributed by atoms with van der Waals surface area (Å²) >= 11 is 0. The summed E-state index contributed by atoms with van der Waals surface area (Å²) < 4.78 is 4.50. The summed E-state index contributed by atoms with van der Waals surface area (Å²) in [6, 6.07) is 0. The summed E-state index contributed by atoms with van der Waals surface area (Å²) in [5, 5.41) is 0. The Hall–Kier alpha value is -0.370. The smallest absolute Gasteiger partial charge is 0.119 e. The van der Waals surface area contributed by atoms with E-state index < -0.39 is 0 Å². The third kappa shape index (κ3) is 17.4. The first-order valence-electron chi connectivity index (χ1n) is 2.93. The minimum Gasteiger partial charge on any atom is -0.377 e. The molecule has 0 amide bonds. The van der Waals surface area contributed by atoms with Crippen molar-refractivity contribution < 1.29 is 9.53 Å². The molecule has 2 nitrogen and oxygen atoms in total. The molecule has 1 saturated heterocycles. The zero-order valence-electron chi connectivity index (χ0n) is 5.22. The van der Waals surface area contributed by atoms with Crippen LogP contribution in [0.25, 0.3) is 0 Å². The highest BCUT2D eigenvalue weighted by molar-refractivity contribution is 5.48. The fraction of sp³-hybridized carbons (Fsp3) is 0.833. The van der Waals surface area contributed by atoms with Crippen LogP contribution in [0.1, 0.15) is 19.8 Å². The molecular formula is C6H12O2. The molecule has 0 spiro atoms. The second-order valence-electron chi connectivity index (χ2n) is 1.57. The van der Waals surface area contributed by atoms with Gasteiger partial charge in [-0.05, 0) is 6.42 Å². The van der Waals surface area contributed by atoms with Crippen molar-refractivity contribution in [1.29, 1.82) is 0 Å². The lowest BCUT2D eigenvalue weighted by Gasteiger charge is -1.68. The largest absolute Gasteiger partial charge is 0.377 e. The van der Waals surface area contributed by atoms with Crippen LogP contribution in [-0.2, 0) is 9.53 Å². The van der Waals surface area contributed by atoms with E-state index in [9.17, 15) is 4.79 Å². The van der Waals surface area contributed by atoms with E-state index in [1.165, 1.54) is 0 Å². The summed E-state index contributed by atoms with van der Waals surface area (Å²) in [6.45, 7) is 3.98. The normalized spacial score (nSPS) is 13.6. The SMILES string of the molecule is C1CO1.CCCC=O. The van der Waals surface area contributed by atoms with E-state index >= 15 is 0 Å². The predicted octanol–water partition coefficient (Wildman–Crippen LogP) is 1.00. The van der Waals surface area contributed by atoms with Crippen molar-refractivity contribution in [1.82, 2.24) is 0 Å². The zero-order chi connectivity index (χ0) is 6.24. The molecule has 2 heteroatoms. The first kappa shape index (κ1) is 7.63. The van der Waals surface area contributed by atoms with Crippen molar-refractivity contribution in [2.75, 3.05) is 13.2 Å². The number of ether oxygens (including phenoxy) is 1. The molecule has 0 radical (unpaired) electrons. The van der Waals surface area contributed by atoms with Crippen LogP contribution >= 0.6 is 0 Å². The molecule has 48 valence electrons. The van der Waals surface area contributed by atoms with E-state index in [1.807, 2.05) is 6.92 Å². The number of aldehydes is 1. The van der Waals surface area contributed by atoms with Gasteiger partial charge in [-0.1, -0.05) is 6.92 Å². The van der Waals surface area contributed by atoms with Crippen molar-refractivity contribution in [3.8, 4) is 0 Å². The Morgan fingerprint density at radius 1 is 1.62 bits per heavy atom. The second kappa shape index (κ2) is 6.63. The molecule has 1 rings (SSSR count). The summed E-state index contributed by atoms with van der Waals surface area (Å²) in [5.74, 6) is 0. The fourth-order valence-corrected chi connectivity index (χ4v) is 0.118. The van der Waals surface area contributed by atoms with Gasteiger partial charge in [-0.25, -0.2) is 0 Å². The molecular weight excluding hydrogens is 104 g/mol. The molecule has 0 aromatic rings. The number of carbonyl (C=O) groups is 1. The van der Waals surface area contributed by atoms with Crippen LogP contribution in [0.4, 0.5) is 0 Å². The van der Waals surface area contributed by atoms with Gasteiger partial charge in [-0.3, -0.25) is 0 Å². The lowest BCUT2D eigenvalue weighted by atomic mass is 10.4. The van der Waals surface area contributed by atoms with Gasteiger partial charge < -0.3 is 9.53 Å². The van der Waals surface area contributed by atoms with Crippen LogP contribution in [0.15, 0.2) is 0 Å². The number of rotatable bonds is 2. The number of epoxide rings is 1. The Bertz CT molecular complexity index is 47.7. The topological polar surface area (TPSA) is 29.6 Å². The van der Waals surface area contributed by atoms with Crippen LogP contribution in [-0.4, -0.2) is 19.5 Å². The first-order valence-corrected chi connectivity index (χ1v) is 2.93. The van der Waals surface area contributed by atoms with Crippen LogP contribution in [0, 0.1) is 0 Å². The second-order valence-corrected chi connectivity index (χ2v) is 1.57. The van der Waals surface area contributed by atoms with E-state index in [1.54, 1.807) is 0 Å². The average molecular weight is 116 g/mol. The maximum absolute atomic E-state index is 9.40. The van der Waals surface area contributed by atoms with Gasteiger partial charge in [0.05, 0.1) is 13.2 Å². The molecule has 0 atom stereocenters. The molecule has 0 aliphatic carbocycles. The summed E-state index contributed by atoms with van der Waals surface area (Å²) in [5.41, 5.74) is 0. The van der Waals surface area contributed by atoms with Gasteiger partial charge in [0, 0.05) is 6.42 Å². The Morgan fingerprint density at radius 2 is 2.12 bits per heavy atom. The van der Waals surface area contributed by atoms with Gasteiger partial charge >= 0.3 is 0 Å². The van der Waals surface area contributed by atoms with E-state index in [-0.39, 0.29) is 0 Å². The van der Waals surface area contributed by atoms with Gasteiger partial charge in [0.1, 0.15) is 6.29 Å². The number of unbranched alkanes of at least 4 members (excludes halogenated alkanes) is 1. The van der Waals surface area contributed by atoms with E-state index in [0.29, 0.717) is 6.42 Å². The molecule has 0 bridgehead atoms. The number of carbonyl (C=O) groups excluding carboxylic acids is 1. The van der Waals surface area contributed by atoms with Crippen molar-refractivity contribution in [3.05, 3.63) is 0 Å². The Labute approximate surface area is 49.8 Å². The highest BCUT2D eigenvalue weighted by atomic mass is 16.6. The average Bonchev–Trinajstić information content (AvgIpc) is 2.50. The van der Waals surface area contributed by atoms with Crippen molar-refractivity contribution in [3.63, 3.8) is 0 Å². The molecule has 8 heavy (non-hydrogen) atoms. The molecule has 1 aliphatic heterocycles. The molecule has 0 aromatic carbocycles. The van der Waals surface area contributed by atoms with Crippen LogP contribution in [0.3, 0.4) is 0 Å². The van der Waals surface area contributed by atoms with Gasteiger partial charge in [-0.2, -0.15) is 0 Å². The highest BCUT2D eigenvalue weighted by Gasteiger charge is 1.94. The maximum Gasteiger partial charge on any atom is 0.119 e. The maximum atomic E-state index is 9.40. The van der Waals surface area contributed by atoms with Gasteiger partial charge in [0.2, 0.25) is 0 Å². The van der Waals surface area contributed by atoms with Crippen molar-refractivity contribution in [2.24, 2.45) is 0 Å². The standard InChI is InChI=1S/C4H8O.C2H4O/c1-2-3-4-5;1-2-3-1/h4H,2-3H2,1H3;1-2H2. The van der Waals surface area contributed by atoms with Gasteiger partial charge in [0.15, 0.2) is 0 Å². The van der Waals surface area contributed by atoms with Crippen molar-refractivity contribution in [2.45, 2.75) is 19.8 Å². The molecule has 0 N–H and O–H groups in total. The van der Waals surface area contributed by atoms with E-state index in [2.05, 4.69) is 4.74 Å². The molecule has 1 heterocycles. The lowest BCUT2D eigenvalue weighted by Crippen LogP contribution is -1.64. The predicted molar refractivity (Wildman–Crippen MR) is 31.8 cm³/mol. The van der Waals surface area contributed by atoms with E-state index in [4.69, 9.17) is 0 Å². The molecule has 1 fully saturated rings. The van der Waals surface area contributed by atoms with Gasteiger partial charge in [0.25, 0.3) is 0 Å². The lowest BCUT2D eigenvalue weighted by molar-refractivity contribution is -0.107. The van der Waals surface area contributed by atoms with Gasteiger partial charge in [-0.15, -0.1) is 0 Å². The quantitative estimate of drug-likeness (QED) is 0.398. The summed E-state index contributed by atoms with van der Waals surface area (Å²) in [4.78, 5) is 9.40. The van der Waals surface area contributed by atoms with Crippen LogP contribution in [0.5, 0.6) is 0 Å². The minimum absolute atomic E-state index is 0.708. The third-order valence-electron chi connectivity index (χ3n) is 0.611. The summed E-state index contributed by atoms with van der Waals surface area (Å²) in [7, 11) is 0. The first-order chi connectivity index (χ1) is 3.91. The Kier molecular flexibility index (Phi) is 6.32. The Balaban J connectivity index is 0.000000135. The Morgan fingerprint density at radius 3 is 2.12 bits per heavy atom. The zero-order valence-corrected chi connectivity index (χ0v) is 5.22. The molecule has 0 aromatic heterocycles. The third-order valence-corrected chi connectivity index (χ3v) is 0.611. The monoisotopic (exact) mass is 116 g/mol. The number of hydrogen-bond acceptors (Lipinski definition) is 2. The van der Waals surface area contributed by atoms with Crippen LogP contribution in [0.2, 0.25) is 0 Å².